The molecule has 0 aromatic heterocycles. The number of halogens is 1. The van der Waals surface area contributed by atoms with Gasteiger partial charge >= 0.3 is 0 Å². The molecule has 1 amide bonds. The highest BCUT2D eigenvalue weighted by molar-refractivity contribution is 6.34. The normalized spacial score (nSPS) is 9.85. The van der Waals surface area contributed by atoms with Crippen molar-refractivity contribution in [2.75, 3.05) is 5.32 Å². The molecular weight excluding hydrogens is 272 g/mol. The summed E-state index contributed by atoms with van der Waals surface area (Å²) in [5, 5.41) is 12.0. The Bertz CT molecular complexity index is 689. The molecule has 20 heavy (non-hydrogen) atoms. The van der Waals surface area contributed by atoms with Gasteiger partial charge in [-0.25, -0.2) is 0 Å². The molecule has 2 rings (SSSR count). The molecule has 0 heterocycles. The summed E-state index contributed by atoms with van der Waals surface area (Å²) in [6, 6.07) is 14.2. The van der Waals surface area contributed by atoms with Crippen LogP contribution < -0.4 is 5.32 Å². The molecule has 0 saturated heterocycles. The smallest absolute Gasteiger partial charge is 0.255 e. The molecule has 0 fully saturated rings. The number of nitriles is 1. The highest BCUT2D eigenvalue weighted by Crippen LogP contribution is 2.24. The van der Waals surface area contributed by atoms with Gasteiger partial charge in [0.05, 0.1) is 22.3 Å². The first kappa shape index (κ1) is 14.1. The third-order valence-electron chi connectivity index (χ3n) is 2.99. The van der Waals surface area contributed by atoms with Crippen LogP contribution in [0.15, 0.2) is 42.5 Å². The Morgan fingerprint density at radius 1 is 1.30 bits per heavy atom. The lowest BCUT2D eigenvalue weighted by atomic mass is 10.0. The first-order valence-electron chi connectivity index (χ1n) is 6.24. The van der Waals surface area contributed by atoms with Gasteiger partial charge in [0.2, 0.25) is 0 Å². The third kappa shape index (κ3) is 2.98. The molecule has 0 aliphatic heterocycles. The van der Waals surface area contributed by atoms with Gasteiger partial charge in [-0.05, 0) is 36.2 Å². The van der Waals surface area contributed by atoms with Crippen LogP contribution in [0.2, 0.25) is 5.02 Å². The maximum absolute atomic E-state index is 12.3. The maximum Gasteiger partial charge on any atom is 0.255 e. The number of carbonyl (C=O) groups excluding carboxylic acids is 1. The zero-order valence-electron chi connectivity index (χ0n) is 11.0. The van der Waals surface area contributed by atoms with E-state index in [4.69, 9.17) is 16.9 Å². The van der Waals surface area contributed by atoms with Crippen LogP contribution in [-0.2, 0) is 6.42 Å². The van der Waals surface area contributed by atoms with Gasteiger partial charge in [0.25, 0.3) is 5.91 Å². The second kappa shape index (κ2) is 6.23. The quantitative estimate of drug-likeness (QED) is 0.925. The molecule has 0 radical (unpaired) electrons. The summed E-state index contributed by atoms with van der Waals surface area (Å²) in [4.78, 5) is 12.3. The number of anilines is 1. The Kier molecular flexibility index (Phi) is 4.39. The van der Waals surface area contributed by atoms with E-state index in [1.54, 1.807) is 24.3 Å². The minimum absolute atomic E-state index is 0.223. The average molecular weight is 285 g/mol. The average Bonchev–Trinajstić information content (AvgIpc) is 2.49. The number of aryl methyl sites for hydroxylation is 1. The number of amides is 1. The van der Waals surface area contributed by atoms with Crippen LogP contribution in [0.5, 0.6) is 0 Å². The minimum Gasteiger partial charge on any atom is -0.321 e. The molecule has 4 heteroatoms. The minimum atomic E-state index is -0.223. The Hall–Kier alpha value is -2.31. The van der Waals surface area contributed by atoms with Crippen molar-refractivity contribution >= 4 is 23.2 Å². The summed E-state index contributed by atoms with van der Waals surface area (Å²) in [7, 11) is 0. The van der Waals surface area contributed by atoms with E-state index in [2.05, 4.69) is 5.32 Å². The van der Waals surface area contributed by atoms with Crippen LogP contribution in [0.1, 0.15) is 28.4 Å². The zero-order chi connectivity index (χ0) is 14.5. The summed E-state index contributed by atoms with van der Waals surface area (Å²) in [5.74, 6) is -0.223. The van der Waals surface area contributed by atoms with Crippen LogP contribution >= 0.6 is 11.6 Å². The van der Waals surface area contributed by atoms with Gasteiger partial charge in [-0.2, -0.15) is 5.26 Å². The van der Waals surface area contributed by atoms with E-state index in [9.17, 15) is 4.79 Å². The first-order valence-corrected chi connectivity index (χ1v) is 6.62. The van der Waals surface area contributed by atoms with Crippen molar-refractivity contribution in [3.63, 3.8) is 0 Å². The number of hydrogen-bond donors (Lipinski definition) is 1. The molecule has 2 aromatic carbocycles. The van der Waals surface area contributed by atoms with Crippen molar-refractivity contribution < 1.29 is 4.79 Å². The Morgan fingerprint density at radius 2 is 2.05 bits per heavy atom. The van der Waals surface area contributed by atoms with E-state index in [-0.39, 0.29) is 5.91 Å². The molecule has 0 aliphatic rings. The third-order valence-corrected chi connectivity index (χ3v) is 3.32. The van der Waals surface area contributed by atoms with Gasteiger partial charge in [-0.1, -0.05) is 36.7 Å². The Balaban J connectivity index is 2.30. The van der Waals surface area contributed by atoms with Crippen LogP contribution in [0.25, 0.3) is 0 Å². The highest BCUT2D eigenvalue weighted by Gasteiger charge is 2.12. The zero-order valence-corrected chi connectivity index (χ0v) is 11.7. The fraction of sp³-hybridized carbons (Fsp3) is 0.125. The first-order chi connectivity index (χ1) is 9.65. The second-order valence-corrected chi connectivity index (χ2v) is 4.68. The second-order valence-electron chi connectivity index (χ2n) is 4.27. The van der Waals surface area contributed by atoms with Gasteiger partial charge < -0.3 is 5.32 Å². The molecule has 0 aliphatic carbocycles. The fourth-order valence-corrected chi connectivity index (χ4v) is 2.10. The predicted octanol–water partition coefficient (Wildman–Crippen LogP) is 4.03. The SMILES string of the molecule is CCc1ccccc1C(=O)Nc1cc(C#N)ccc1Cl. The maximum atomic E-state index is 12.3. The number of nitrogens with zero attached hydrogens (tertiary/aromatic N) is 1. The molecular formula is C16H13ClN2O. The molecule has 0 atom stereocenters. The molecule has 3 nitrogen and oxygen atoms in total. The van der Waals surface area contributed by atoms with E-state index in [0.717, 1.165) is 12.0 Å². The Morgan fingerprint density at radius 3 is 2.75 bits per heavy atom. The predicted molar refractivity (Wildman–Crippen MR) is 79.9 cm³/mol. The van der Waals surface area contributed by atoms with Gasteiger partial charge in [0.1, 0.15) is 0 Å². The van der Waals surface area contributed by atoms with Gasteiger partial charge in [-0.15, -0.1) is 0 Å². The van der Waals surface area contributed by atoms with Gasteiger partial charge in [-0.3, -0.25) is 4.79 Å². The van der Waals surface area contributed by atoms with Crippen molar-refractivity contribution in [3.05, 3.63) is 64.2 Å². The molecule has 0 spiro atoms. The Labute approximate surface area is 122 Å². The number of hydrogen-bond acceptors (Lipinski definition) is 2. The van der Waals surface area contributed by atoms with Crippen molar-refractivity contribution in [2.24, 2.45) is 0 Å². The van der Waals surface area contributed by atoms with Crippen molar-refractivity contribution in [1.29, 1.82) is 5.26 Å². The van der Waals surface area contributed by atoms with Crippen LogP contribution in [0.3, 0.4) is 0 Å². The standard InChI is InChI=1S/C16H13ClN2O/c1-2-12-5-3-4-6-13(12)16(20)19-15-9-11(10-18)7-8-14(15)17/h3-9H,2H2,1H3,(H,19,20). The van der Waals surface area contributed by atoms with Gasteiger partial charge in [0, 0.05) is 5.56 Å². The highest BCUT2D eigenvalue weighted by atomic mass is 35.5. The number of carbonyl (C=O) groups is 1. The lowest BCUT2D eigenvalue weighted by Crippen LogP contribution is -2.14. The lowest BCUT2D eigenvalue weighted by Gasteiger charge is -2.10. The van der Waals surface area contributed by atoms with Crippen LogP contribution in [0, 0.1) is 11.3 Å². The van der Waals surface area contributed by atoms with Crippen LogP contribution in [-0.4, -0.2) is 5.91 Å². The summed E-state index contributed by atoms with van der Waals surface area (Å²) in [6.07, 6.45) is 0.773. The van der Waals surface area contributed by atoms with Crippen LogP contribution in [0.4, 0.5) is 5.69 Å². The van der Waals surface area contributed by atoms with E-state index in [0.29, 0.717) is 21.8 Å². The summed E-state index contributed by atoms with van der Waals surface area (Å²) in [6.45, 7) is 2.00. The van der Waals surface area contributed by atoms with E-state index < -0.39 is 0 Å². The van der Waals surface area contributed by atoms with Crippen molar-refractivity contribution in [3.8, 4) is 6.07 Å². The van der Waals surface area contributed by atoms with E-state index in [1.165, 1.54) is 0 Å². The summed E-state index contributed by atoms with van der Waals surface area (Å²) < 4.78 is 0. The molecule has 0 bridgehead atoms. The molecule has 1 N–H and O–H groups in total. The molecule has 0 unspecified atom stereocenters. The fourth-order valence-electron chi connectivity index (χ4n) is 1.93. The number of benzene rings is 2. The summed E-state index contributed by atoms with van der Waals surface area (Å²) in [5.41, 5.74) is 2.49. The summed E-state index contributed by atoms with van der Waals surface area (Å²) >= 11 is 6.03. The van der Waals surface area contributed by atoms with Gasteiger partial charge in [0.15, 0.2) is 0 Å². The molecule has 0 saturated carbocycles. The van der Waals surface area contributed by atoms with E-state index >= 15 is 0 Å². The molecule has 2 aromatic rings. The largest absolute Gasteiger partial charge is 0.321 e. The van der Waals surface area contributed by atoms with Crippen molar-refractivity contribution in [1.82, 2.24) is 0 Å². The lowest BCUT2D eigenvalue weighted by molar-refractivity contribution is 0.102. The molecule has 100 valence electrons. The monoisotopic (exact) mass is 284 g/mol. The topological polar surface area (TPSA) is 52.9 Å². The van der Waals surface area contributed by atoms with Crippen molar-refractivity contribution in [2.45, 2.75) is 13.3 Å². The number of nitrogens with one attached hydrogen (secondary N) is 1. The number of rotatable bonds is 3. The van der Waals surface area contributed by atoms with E-state index in [1.807, 2.05) is 31.2 Å².